The molecule has 0 aromatic carbocycles. The Morgan fingerprint density at radius 2 is 1.73 bits per heavy atom. The molecule has 1 atom stereocenters. The Morgan fingerprint density at radius 3 is 2.38 bits per heavy atom. The molecule has 0 aliphatic heterocycles. The molecular weight excluding hydrogens is 530 g/mol. The SMILES string of the molecule is CCS(=O)(=O)c1cnc(CNc2nc3c(C)nc(-c4c(C)ncnc4C4CC4)nc3n(C(C)C3CC3)c2=O)nc1. The van der Waals surface area contributed by atoms with Crippen LogP contribution in [-0.2, 0) is 16.4 Å². The summed E-state index contributed by atoms with van der Waals surface area (Å²) < 4.78 is 25.9. The smallest absolute Gasteiger partial charge is 0.295 e. The summed E-state index contributed by atoms with van der Waals surface area (Å²) >= 11 is 0. The highest BCUT2D eigenvalue weighted by Gasteiger charge is 2.33. The second-order valence-electron chi connectivity index (χ2n) is 10.6. The minimum atomic E-state index is -3.40. The van der Waals surface area contributed by atoms with Gasteiger partial charge in [-0.25, -0.2) is 43.3 Å². The van der Waals surface area contributed by atoms with Crippen LogP contribution in [0.1, 0.15) is 74.4 Å². The van der Waals surface area contributed by atoms with Crippen LogP contribution in [-0.4, -0.2) is 53.6 Å². The fraction of sp³-hybridized carbons (Fsp3) is 0.481. The van der Waals surface area contributed by atoms with Gasteiger partial charge in [-0.05, 0) is 52.4 Å². The Kier molecular flexibility index (Phi) is 6.56. The van der Waals surface area contributed by atoms with Gasteiger partial charge in [0.2, 0.25) is 0 Å². The van der Waals surface area contributed by atoms with E-state index < -0.39 is 9.84 Å². The average Bonchev–Trinajstić information content (AvgIpc) is 3.85. The van der Waals surface area contributed by atoms with E-state index in [0.717, 1.165) is 42.6 Å². The van der Waals surface area contributed by atoms with Crippen LogP contribution >= 0.6 is 0 Å². The van der Waals surface area contributed by atoms with Crippen LogP contribution < -0.4 is 10.9 Å². The molecule has 2 aliphatic carbocycles. The molecule has 6 rings (SSSR count). The second kappa shape index (κ2) is 9.95. The number of anilines is 1. The molecule has 0 spiro atoms. The van der Waals surface area contributed by atoms with Crippen molar-refractivity contribution >= 4 is 26.8 Å². The molecule has 2 aliphatic rings. The number of nitrogens with one attached hydrogen (secondary N) is 1. The number of fused-ring (bicyclic) bond motifs is 1. The van der Waals surface area contributed by atoms with E-state index in [2.05, 4.69) is 30.2 Å². The number of nitrogens with zero attached hydrogens (tertiary/aromatic N) is 8. The molecule has 13 heteroatoms. The lowest BCUT2D eigenvalue weighted by molar-refractivity contribution is 0.482. The van der Waals surface area contributed by atoms with Crippen molar-refractivity contribution in [1.82, 2.24) is 39.5 Å². The fourth-order valence-corrected chi connectivity index (χ4v) is 5.73. The van der Waals surface area contributed by atoms with Crippen molar-refractivity contribution in [1.29, 1.82) is 0 Å². The molecule has 0 amide bonds. The van der Waals surface area contributed by atoms with Crippen molar-refractivity contribution in [3.8, 4) is 11.4 Å². The van der Waals surface area contributed by atoms with E-state index >= 15 is 0 Å². The van der Waals surface area contributed by atoms with Gasteiger partial charge in [0, 0.05) is 24.4 Å². The van der Waals surface area contributed by atoms with Gasteiger partial charge in [0.15, 0.2) is 27.1 Å². The van der Waals surface area contributed by atoms with Crippen LogP contribution in [0.2, 0.25) is 0 Å². The highest BCUT2D eigenvalue weighted by Crippen LogP contribution is 2.44. The summed E-state index contributed by atoms with van der Waals surface area (Å²) in [5.74, 6) is 1.73. The number of hydrogen-bond acceptors (Lipinski definition) is 11. The first kappa shape index (κ1) is 26.4. The quantitative estimate of drug-likeness (QED) is 0.319. The van der Waals surface area contributed by atoms with Crippen LogP contribution in [0.3, 0.4) is 0 Å². The number of rotatable bonds is 9. The first-order valence-electron chi connectivity index (χ1n) is 13.6. The molecule has 1 N–H and O–H groups in total. The van der Waals surface area contributed by atoms with Gasteiger partial charge >= 0.3 is 0 Å². The normalized spacial score (nSPS) is 16.3. The van der Waals surface area contributed by atoms with E-state index in [1.165, 1.54) is 12.4 Å². The molecule has 4 heterocycles. The lowest BCUT2D eigenvalue weighted by Gasteiger charge is -2.20. The Labute approximate surface area is 231 Å². The molecule has 208 valence electrons. The topological polar surface area (TPSA) is 158 Å². The molecule has 0 radical (unpaired) electrons. The van der Waals surface area contributed by atoms with Gasteiger partial charge in [-0.1, -0.05) is 6.92 Å². The predicted molar refractivity (Wildman–Crippen MR) is 149 cm³/mol. The van der Waals surface area contributed by atoms with Gasteiger partial charge in [0.1, 0.15) is 22.6 Å². The Morgan fingerprint density at radius 1 is 1.00 bits per heavy atom. The monoisotopic (exact) mass is 561 g/mol. The molecule has 40 heavy (non-hydrogen) atoms. The maximum absolute atomic E-state index is 13.8. The van der Waals surface area contributed by atoms with Crippen molar-refractivity contribution < 1.29 is 8.42 Å². The molecule has 4 aromatic heterocycles. The first-order chi connectivity index (χ1) is 19.2. The number of sulfone groups is 1. The van der Waals surface area contributed by atoms with Gasteiger partial charge in [0.25, 0.3) is 5.56 Å². The molecule has 4 aromatic rings. The van der Waals surface area contributed by atoms with Crippen LogP contribution in [0.15, 0.2) is 28.4 Å². The van der Waals surface area contributed by atoms with Crippen LogP contribution in [0.4, 0.5) is 5.82 Å². The van der Waals surface area contributed by atoms with E-state index in [4.69, 9.17) is 9.97 Å². The maximum atomic E-state index is 13.8. The number of aryl methyl sites for hydroxylation is 2. The molecule has 2 fully saturated rings. The summed E-state index contributed by atoms with van der Waals surface area (Å²) in [5.41, 5.74) is 3.99. The van der Waals surface area contributed by atoms with Crippen LogP contribution in [0, 0.1) is 19.8 Å². The standard InChI is InChI=1S/C27H31N9O3S/c1-5-40(38,39)19-10-28-20(29-11-19)12-30-25-27(37)36(16(4)17-6-7-17)26-22(34-25)15(3)33-24(35-26)21-14(2)31-13-32-23(21)18-8-9-18/h10-11,13,16-18H,5-9,12H2,1-4H3,(H,30,34). The highest BCUT2D eigenvalue weighted by atomic mass is 32.2. The number of aromatic nitrogens is 8. The van der Waals surface area contributed by atoms with Gasteiger partial charge in [-0.15, -0.1) is 0 Å². The van der Waals surface area contributed by atoms with Gasteiger partial charge in [0.05, 0.1) is 34.9 Å². The maximum Gasteiger partial charge on any atom is 0.295 e. The van der Waals surface area contributed by atoms with E-state index in [-0.39, 0.29) is 34.6 Å². The average molecular weight is 562 g/mol. The van der Waals surface area contributed by atoms with Crippen molar-refractivity contribution in [2.75, 3.05) is 11.1 Å². The van der Waals surface area contributed by atoms with Crippen molar-refractivity contribution in [3.05, 3.63) is 52.0 Å². The summed E-state index contributed by atoms with van der Waals surface area (Å²) in [7, 11) is -3.40. The largest absolute Gasteiger partial charge is 0.358 e. The zero-order valence-corrected chi connectivity index (χ0v) is 23.7. The third-order valence-corrected chi connectivity index (χ3v) is 9.40. The summed E-state index contributed by atoms with van der Waals surface area (Å²) in [6.45, 7) is 7.51. The van der Waals surface area contributed by atoms with E-state index in [1.807, 2.05) is 20.8 Å². The third kappa shape index (κ3) is 4.82. The molecular formula is C27H31N9O3S. The third-order valence-electron chi connectivity index (χ3n) is 7.71. The van der Waals surface area contributed by atoms with E-state index in [1.54, 1.807) is 17.8 Å². The van der Waals surface area contributed by atoms with Gasteiger partial charge < -0.3 is 5.32 Å². The molecule has 1 unspecified atom stereocenters. The minimum absolute atomic E-state index is 0.0322. The van der Waals surface area contributed by atoms with Crippen LogP contribution in [0.5, 0.6) is 0 Å². The zero-order chi connectivity index (χ0) is 28.2. The highest BCUT2D eigenvalue weighted by molar-refractivity contribution is 7.91. The second-order valence-corrected chi connectivity index (χ2v) is 12.9. The lowest BCUT2D eigenvalue weighted by atomic mass is 10.1. The zero-order valence-electron chi connectivity index (χ0n) is 22.9. The summed E-state index contributed by atoms with van der Waals surface area (Å²) in [6, 6.07) is -0.0773. The van der Waals surface area contributed by atoms with Crippen molar-refractivity contribution in [3.63, 3.8) is 0 Å². The summed E-state index contributed by atoms with van der Waals surface area (Å²) in [6.07, 6.45) is 8.42. The van der Waals surface area contributed by atoms with Gasteiger partial charge in [-0.3, -0.25) is 9.36 Å². The first-order valence-corrected chi connectivity index (χ1v) is 15.2. The summed E-state index contributed by atoms with van der Waals surface area (Å²) in [4.78, 5) is 45.6. The molecule has 0 saturated heterocycles. The predicted octanol–water partition coefficient (Wildman–Crippen LogP) is 3.30. The Hall–Kier alpha value is -3.87. The Balaban J connectivity index is 1.42. The van der Waals surface area contributed by atoms with Crippen LogP contribution in [0.25, 0.3) is 22.6 Å². The molecule has 2 saturated carbocycles. The Bertz CT molecular complexity index is 1780. The molecule has 12 nitrogen and oxygen atoms in total. The minimum Gasteiger partial charge on any atom is -0.358 e. The lowest BCUT2D eigenvalue weighted by Crippen LogP contribution is -2.30. The van der Waals surface area contributed by atoms with Crippen molar-refractivity contribution in [2.45, 2.75) is 76.8 Å². The fourth-order valence-electron chi connectivity index (χ4n) is 4.97. The summed E-state index contributed by atoms with van der Waals surface area (Å²) in [5, 5.41) is 3.07. The number of hydrogen-bond donors (Lipinski definition) is 1. The molecule has 0 bridgehead atoms. The van der Waals surface area contributed by atoms with E-state index in [9.17, 15) is 13.2 Å². The van der Waals surface area contributed by atoms with E-state index in [0.29, 0.717) is 40.3 Å². The van der Waals surface area contributed by atoms with Gasteiger partial charge in [-0.2, -0.15) is 0 Å². The van der Waals surface area contributed by atoms with Crippen molar-refractivity contribution in [2.24, 2.45) is 5.92 Å².